The van der Waals surface area contributed by atoms with Crippen LogP contribution in [-0.4, -0.2) is 18.9 Å². The molecule has 1 aromatic carbocycles. The van der Waals surface area contributed by atoms with Crippen molar-refractivity contribution in [2.75, 3.05) is 13.1 Å². The number of hydrogen-bond acceptors (Lipinski definition) is 3. The highest BCUT2D eigenvalue weighted by Gasteiger charge is 2.18. The lowest BCUT2D eigenvalue weighted by Gasteiger charge is -2.15. The van der Waals surface area contributed by atoms with Gasteiger partial charge in [0.05, 0.1) is 12.6 Å². The standard InChI is InChI=1S/C11H14ClN3/c1-7-8(3-2-4-9(7)12)10(13)11-14-5-6-15-11/h2-4,10H,5-6,13H2,1H3,(H,14,15). The fourth-order valence-electron chi connectivity index (χ4n) is 1.73. The first-order valence-electron chi connectivity index (χ1n) is 4.99. The molecule has 0 saturated carbocycles. The first-order chi connectivity index (χ1) is 7.20. The molecule has 0 amide bonds. The second kappa shape index (κ2) is 4.21. The molecule has 1 aromatic rings. The van der Waals surface area contributed by atoms with Crippen LogP contribution in [0.4, 0.5) is 0 Å². The summed E-state index contributed by atoms with van der Waals surface area (Å²) in [5, 5.41) is 3.93. The van der Waals surface area contributed by atoms with Gasteiger partial charge in [0.2, 0.25) is 0 Å². The number of halogens is 1. The summed E-state index contributed by atoms with van der Waals surface area (Å²) in [7, 11) is 0. The van der Waals surface area contributed by atoms with Gasteiger partial charge in [-0.3, -0.25) is 4.99 Å². The third-order valence-corrected chi connectivity index (χ3v) is 3.05. The molecule has 0 radical (unpaired) electrons. The minimum Gasteiger partial charge on any atom is -0.370 e. The number of hydrogen-bond donors (Lipinski definition) is 2. The van der Waals surface area contributed by atoms with E-state index in [4.69, 9.17) is 17.3 Å². The molecule has 2 rings (SSSR count). The fourth-order valence-corrected chi connectivity index (χ4v) is 1.91. The zero-order valence-electron chi connectivity index (χ0n) is 8.63. The summed E-state index contributed by atoms with van der Waals surface area (Å²) >= 11 is 6.05. The third-order valence-electron chi connectivity index (χ3n) is 2.64. The van der Waals surface area contributed by atoms with Crippen LogP contribution >= 0.6 is 11.6 Å². The van der Waals surface area contributed by atoms with Gasteiger partial charge < -0.3 is 11.1 Å². The van der Waals surface area contributed by atoms with Crippen LogP contribution in [0.5, 0.6) is 0 Å². The zero-order chi connectivity index (χ0) is 10.8. The quantitative estimate of drug-likeness (QED) is 0.801. The largest absolute Gasteiger partial charge is 0.370 e. The molecule has 3 nitrogen and oxygen atoms in total. The first kappa shape index (κ1) is 10.5. The fraction of sp³-hybridized carbons (Fsp3) is 0.364. The molecule has 0 bridgehead atoms. The number of aliphatic imine (C=N–C) groups is 1. The molecule has 1 aliphatic rings. The van der Waals surface area contributed by atoms with Crippen molar-refractivity contribution in [1.29, 1.82) is 0 Å². The molecular formula is C11H14ClN3. The maximum absolute atomic E-state index is 6.12. The summed E-state index contributed by atoms with van der Waals surface area (Å²) in [4.78, 5) is 4.32. The van der Waals surface area contributed by atoms with E-state index in [1.165, 1.54) is 0 Å². The van der Waals surface area contributed by atoms with Gasteiger partial charge in [-0.2, -0.15) is 0 Å². The van der Waals surface area contributed by atoms with Crippen molar-refractivity contribution in [3.8, 4) is 0 Å². The van der Waals surface area contributed by atoms with Crippen molar-refractivity contribution in [3.05, 3.63) is 34.3 Å². The lowest BCUT2D eigenvalue weighted by atomic mass is 10.0. The molecule has 15 heavy (non-hydrogen) atoms. The predicted octanol–water partition coefficient (Wildman–Crippen LogP) is 1.65. The maximum atomic E-state index is 6.12. The van der Waals surface area contributed by atoms with Crippen LogP contribution < -0.4 is 11.1 Å². The number of benzene rings is 1. The number of rotatable bonds is 2. The highest BCUT2D eigenvalue weighted by atomic mass is 35.5. The van der Waals surface area contributed by atoms with E-state index >= 15 is 0 Å². The normalized spacial score (nSPS) is 17.1. The first-order valence-corrected chi connectivity index (χ1v) is 5.37. The van der Waals surface area contributed by atoms with Crippen molar-refractivity contribution in [2.24, 2.45) is 10.7 Å². The zero-order valence-corrected chi connectivity index (χ0v) is 9.38. The lowest BCUT2D eigenvalue weighted by molar-refractivity contribution is 0.887. The summed E-state index contributed by atoms with van der Waals surface area (Å²) in [6.45, 7) is 3.67. The van der Waals surface area contributed by atoms with Crippen LogP contribution in [0.25, 0.3) is 0 Å². The Bertz CT molecular complexity index is 401. The Hall–Kier alpha value is -1.06. The molecule has 80 valence electrons. The minimum absolute atomic E-state index is 0.189. The maximum Gasteiger partial charge on any atom is 0.118 e. The smallest absolute Gasteiger partial charge is 0.118 e. The van der Waals surface area contributed by atoms with Crippen molar-refractivity contribution >= 4 is 17.4 Å². The summed E-state index contributed by atoms with van der Waals surface area (Å²) in [5.74, 6) is 0.861. The summed E-state index contributed by atoms with van der Waals surface area (Å²) in [5.41, 5.74) is 8.19. The van der Waals surface area contributed by atoms with Crippen LogP contribution in [0.15, 0.2) is 23.2 Å². The van der Waals surface area contributed by atoms with E-state index in [1.807, 2.05) is 25.1 Å². The molecule has 1 heterocycles. The van der Waals surface area contributed by atoms with E-state index in [1.54, 1.807) is 0 Å². The van der Waals surface area contributed by atoms with Crippen LogP contribution in [-0.2, 0) is 0 Å². The van der Waals surface area contributed by atoms with Gasteiger partial charge in [-0.15, -0.1) is 0 Å². The van der Waals surface area contributed by atoms with Gasteiger partial charge in [-0.25, -0.2) is 0 Å². The van der Waals surface area contributed by atoms with Gasteiger partial charge in [0, 0.05) is 11.6 Å². The molecule has 0 aromatic heterocycles. The Morgan fingerprint density at radius 3 is 3.00 bits per heavy atom. The van der Waals surface area contributed by atoms with E-state index in [0.29, 0.717) is 0 Å². The Morgan fingerprint density at radius 1 is 1.53 bits per heavy atom. The highest BCUT2D eigenvalue weighted by molar-refractivity contribution is 6.31. The van der Waals surface area contributed by atoms with Gasteiger partial charge in [0.15, 0.2) is 0 Å². The average molecular weight is 224 g/mol. The second-order valence-corrected chi connectivity index (χ2v) is 4.03. The third kappa shape index (κ3) is 1.98. The van der Waals surface area contributed by atoms with Crippen LogP contribution in [0.1, 0.15) is 17.2 Å². The van der Waals surface area contributed by atoms with Crippen molar-refractivity contribution < 1.29 is 0 Å². The number of nitrogens with one attached hydrogen (secondary N) is 1. The van der Waals surface area contributed by atoms with Crippen LogP contribution in [0, 0.1) is 6.92 Å². The number of nitrogens with two attached hydrogens (primary N) is 1. The lowest BCUT2D eigenvalue weighted by Crippen LogP contribution is -2.31. The summed E-state index contributed by atoms with van der Waals surface area (Å²) in [6, 6.07) is 5.59. The van der Waals surface area contributed by atoms with Crippen molar-refractivity contribution in [3.63, 3.8) is 0 Å². The Kier molecular flexibility index (Phi) is 2.93. The molecule has 0 spiro atoms. The van der Waals surface area contributed by atoms with E-state index in [0.717, 1.165) is 35.1 Å². The van der Waals surface area contributed by atoms with Gasteiger partial charge in [0.1, 0.15) is 5.84 Å². The van der Waals surface area contributed by atoms with Gasteiger partial charge >= 0.3 is 0 Å². The summed E-state index contributed by atoms with van der Waals surface area (Å²) < 4.78 is 0. The van der Waals surface area contributed by atoms with Gasteiger partial charge in [-0.1, -0.05) is 23.7 Å². The molecule has 4 heteroatoms. The SMILES string of the molecule is Cc1c(Cl)cccc1C(N)C1=NCCN1. The van der Waals surface area contributed by atoms with Gasteiger partial charge in [0.25, 0.3) is 0 Å². The molecule has 0 fully saturated rings. The van der Waals surface area contributed by atoms with E-state index in [2.05, 4.69) is 10.3 Å². The van der Waals surface area contributed by atoms with E-state index < -0.39 is 0 Å². The predicted molar refractivity (Wildman–Crippen MR) is 63.4 cm³/mol. The molecule has 1 aliphatic heterocycles. The Morgan fingerprint density at radius 2 is 2.33 bits per heavy atom. The second-order valence-electron chi connectivity index (χ2n) is 3.63. The van der Waals surface area contributed by atoms with E-state index in [9.17, 15) is 0 Å². The Balaban J connectivity index is 2.32. The highest BCUT2D eigenvalue weighted by Crippen LogP contribution is 2.23. The molecule has 3 N–H and O–H groups in total. The van der Waals surface area contributed by atoms with Crippen LogP contribution in [0.3, 0.4) is 0 Å². The average Bonchev–Trinajstić information content (AvgIpc) is 2.74. The molecule has 1 atom stereocenters. The molecule has 0 aliphatic carbocycles. The number of nitrogens with zero attached hydrogens (tertiary/aromatic N) is 1. The molecule has 1 unspecified atom stereocenters. The molecule has 0 saturated heterocycles. The van der Waals surface area contributed by atoms with Crippen molar-refractivity contribution in [2.45, 2.75) is 13.0 Å². The number of amidine groups is 1. The monoisotopic (exact) mass is 223 g/mol. The van der Waals surface area contributed by atoms with Crippen LogP contribution in [0.2, 0.25) is 5.02 Å². The van der Waals surface area contributed by atoms with E-state index in [-0.39, 0.29) is 6.04 Å². The minimum atomic E-state index is -0.189. The summed E-state index contributed by atoms with van der Waals surface area (Å²) in [6.07, 6.45) is 0. The van der Waals surface area contributed by atoms with Crippen molar-refractivity contribution in [1.82, 2.24) is 5.32 Å². The molecular weight excluding hydrogens is 210 g/mol. The Labute approximate surface area is 94.3 Å². The topological polar surface area (TPSA) is 50.4 Å². The van der Waals surface area contributed by atoms with Gasteiger partial charge in [-0.05, 0) is 24.1 Å².